The zero-order valence-corrected chi connectivity index (χ0v) is 14.8. The van der Waals surface area contributed by atoms with E-state index in [1.54, 1.807) is 25.3 Å². The molecule has 2 aromatic carbocycles. The van der Waals surface area contributed by atoms with E-state index >= 15 is 0 Å². The minimum absolute atomic E-state index is 0.178. The van der Waals surface area contributed by atoms with Crippen LogP contribution in [0.15, 0.2) is 47.4 Å². The van der Waals surface area contributed by atoms with Gasteiger partial charge in [0.25, 0.3) is 0 Å². The number of ether oxygens (including phenoxy) is 1. The molecule has 2 aromatic rings. The van der Waals surface area contributed by atoms with E-state index < -0.39 is 10.0 Å². The second-order valence-corrected chi connectivity index (χ2v) is 7.64. The smallest absolute Gasteiger partial charge is 0.240 e. The van der Waals surface area contributed by atoms with E-state index in [-0.39, 0.29) is 17.4 Å². The van der Waals surface area contributed by atoms with Crippen LogP contribution in [-0.4, -0.2) is 15.5 Å². The second-order valence-electron chi connectivity index (χ2n) is 5.87. The third-order valence-corrected chi connectivity index (χ3v) is 5.08. The highest BCUT2D eigenvalue weighted by molar-refractivity contribution is 7.89. The molecule has 0 spiro atoms. The van der Waals surface area contributed by atoms with Crippen LogP contribution < -0.4 is 9.46 Å². The molecule has 0 radical (unpaired) electrons. The summed E-state index contributed by atoms with van der Waals surface area (Å²) in [5.41, 5.74) is 2.92. The number of benzene rings is 2. The van der Waals surface area contributed by atoms with Gasteiger partial charge in [-0.25, -0.2) is 13.1 Å². The van der Waals surface area contributed by atoms with Gasteiger partial charge >= 0.3 is 0 Å². The summed E-state index contributed by atoms with van der Waals surface area (Å²) >= 11 is 0. The van der Waals surface area contributed by atoms with Crippen LogP contribution in [0, 0.1) is 6.92 Å². The predicted molar refractivity (Wildman–Crippen MR) is 92.3 cm³/mol. The average molecular weight is 333 g/mol. The number of aryl methyl sites for hydroxylation is 1. The third kappa shape index (κ3) is 4.33. The molecule has 0 aromatic heterocycles. The highest BCUT2D eigenvalue weighted by Crippen LogP contribution is 2.28. The van der Waals surface area contributed by atoms with Gasteiger partial charge in [0.1, 0.15) is 5.75 Å². The summed E-state index contributed by atoms with van der Waals surface area (Å²) in [6.45, 7) is 6.27. The first-order valence-electron chi connectivity index (χ1n) is 7.56. The first kappa shape index (κ1) is 17.5. The summed E-state index contributed by atoms with van der Waals surface area (Å²) in [7, 11) is -1.97. The Morgan fingerprint density at radius 2 is 1.87 bits per heavy atom. The lowest BCUT2D eigenvalue weighted by Gasteiger charge is -2.14. The Kier molecular flexibility index (Phi) is 5.44. The Morgan fingerprint density at radius 3 is 2.48 bits per heavy atom. The lowest BCUT2D eigenvalue weighted by atomic mass is 10.0. The molecule has 0 aliphatic rings. The summed E-state index contributed by atoms with van der Waals surface area (Å²) in [6, 6.07) is 12.7. The van der Waals surface area contributed by atoms with E-state index in [1.807, 2.05) is 45.0 Å². The van der Waals surface area contributed by atoms with Crippen molar-refractivity contribution in [3.05, 3.63) is 59.2 Å². The molecule has 0 aliphatic carbocycles. The fourth-order valence-electron chi connectivity index (χ4n) is 2.41. The molecule has 0 saturated carbocycles. The standard InChI is InChI=1S/C18H23NO3S/c1-13(2)17-11-16(8-9-18(17)22-4)23(20,21)19-12-15-7-5-6-14(3)10-15/h5-11,13,19H,12H2,1-4H3. The number of rotatable bonds is 6. The van der Waals surface area contributed by atoms with Crippen LogP contribution in [0.1, 0.15) is 36.5 Å². The Hall–Kier alpha value is -1.85. The number of methoxy groups -OCH3 is 1. The molecular weight excluding hydrogens is 310 g/mol. The first-order chi connectivity index (χ1) is 10.8. The molecule has 0 atom stereocenters. The van der Waals surface area contributed by atoms with Crippen LogP contribution in [0.25, 0.3) is 0 Å². The first-order valence-corrected chi connectivity index (χ1v) is 9.05. The normalized spacial score (nSPS) is 11.7. The zero-order chi connectivity index (χ0) is 17.0. The fourth-order valence-corrected chi connectivity index (χ4v) is 3.47. The fraction of sp³-hybridized carbons (Fsp3) is 0.333. The van der Waals surface area contributed by atoms with Crippen molar-refractivity contribution in [2.75, 3.05) is 7.11 Å². The molecule has 23 heavy (non-hydrogen) atoms. The van der Waals surface area contributed by atoms with Gasteiger partial charge in [-0.05, 0) is 42.2 Å². The van der Waals surface area contributed by atoms with Crippen molar-refractivity contribution in [3.63, 3.8) is 0 Å². The quantitative estimate of drug-likeness (QED) is 0.878. The number of hydrogen-bond acceptors (Lipinski definition) is 3. The molecule has 1 N–H and O–H groups in total. The van der Waals surface area contributed by atoms with Crippen LogP contribution in [-0.2, 0) is 16.6 Å². The van der Waals surface area contributed by atoms with Crippen molar-refractivity contribution >= 4 is 10.0 Å². The van der Waals surface area contributed by atoms with Crippen LogP contribution in [0.4, 0.5) is 0 Å². The monoisotopic (exact) mass is 333 g/mol. The van der Waals surface area contributed by atoms with Gasteiger partial charge in [0.2, 0.25) is 10.0 Å². The molecule has 124 valence electrons. The van der Waals surface area contributed by atoms with Gasteiger partial charge in [0, 0.05) is 6.54 Å². The Morgan fingerprint density at radius 1 is 1.13 bits per heavy atom. The molecule has 0 saturated heterocycles. The molecule has 0 heterocycles. The minimum atomic E-state index is -3.56. The summed E-state index contributed by atoms with van der Waals surface area (Å²) in [6.07, 6.45) is 0. The average Bonchev–Trinajstić information content (AvgIpc) is 2.52. The summed E-state index contributed by atoms with van der Waals surface area (Å²) in [5, 5.41) is 0. The molecule has 5 heteroatoms. The van der Waals surface area contributed by atoms with Gasteiger partial charge < -0.3 is 4.74 Å². The van der Waals surface area contributed by atoms with E-state index in [0.29, 0.717) is 5.75 Å². The maximum absolute atomic E-state index is 12.5. The minimum Gasteiger partial charge on any atom is -0.496 e. The van der Waals surface area contributed by atoms with Gasteiger partial charge in [-0.1, -0.05) is 43.7 Å². The van der Waals surface area contributed by atoms with E-state index in [0.717, 1.165) is 16.7 Å². The molecule has 0 bridgehead atoms. The third-order valence-electron chi connectivity index (χ3n) is 3.68. The van der Waals surface area contributed by atoms with Gasteiger partial charge in [-0.2, -0.15) is 0 Å². The number of nitrogens with one attached hydrogen (secondary N) is 1. The Balaban J connectivity index is 2.24. The second kappa shape index (κ2) is 7.15. The maximum atomic E-state index is 12.5. The summed E-state index contributed by atoms with van der Waals surface area (Å²) in [4.78, 5) is 0.259. The zero-order valence-electron chi connectivity index (χ0n) is 14.0. The van der Waals surface area contributed by atoms with Crippen LogP contribution >= 0.6 is 0 Å². The van der Waals surface area contributed by atoms with E-state index in [4.69, 9.17) is 4.74 Å². The largest absolute Gasteiger partial charge is 0.496 e. The van der Waals surface area contributed by atoms with Crippen molar-refractivity contribution in [3.8, 4) is 5.75 Å². The molecular formula is C18H23NO3S. The lowest BCUT2D eigenvalue weighted by molar-refractivity contribution is 0.407. The number of hydrogen-bond donors (Lipinski definition) is 1. The SMILES string of the molecule is COc1ccc(S(=O)(=O)NCc2cccc(C)c2)cc1C(C)C. The molecule has 2 rings (SSSR count). The van der Waals surface area contributed by atoms with Gasteiger partial charge in [-0.3, -0.25) is 0 Å². The Bertz CT molecular complexity index is 783. The van der Waals surface area contributed by atoms with Gasteiger partial charge in [0.15, 0.2) is 0 Å². The van der Waals surface area contributed by atoms with Crippen molar-refractivity contribution in [1.82, 2.24) is 4.72 Å². The predicted octanol–water partition coefficient (Wildman–Crippen LogP) is 3.61. The molecule has 0 amide bonds. The highest BCUT2D eigenvalue weighted by Gasteiger charge is 2.17. The van der Waals surface area contributed by atoms with Crippen molar-refractivity contribution in [2.45, 2.75) is 38.1 Å². The summed E-state index contributed by atoms with van der Waals surface area (Å²) < 4.78 is 33.0. The maximum Gasteiger partial charge on any atom is 0.240 e. The molecule has 0 fully saturated rings. The molecule has 0 unspecified atom stereocenters. The highest BCUT2D eigenvalue weighted by atomic mass is 32.2. The molecule has 4 nitrogen and oxygen atoms in total. The van der Waals surface area contributed by atoms with Crippen LogP contribution in [0.3, 0.4) is 0 Å². The van der Waals surface area contributed by atoms with Crippen molar-refractivity contribution in [2.24, 2.45) is 0 Å². The van der Waals surface area contributed by atoms with E-state index in [9.17, 15) is 8.42 Å². The van der Waals surface area contributed by atoms with E-state index in [2.05, 4.69) is 4.72 Å². The van der Waals surface area contributed by atoms with Gasteiger partial charge in [0.05, 0.1) is 12.0 Å². The van der Waals surface area contributed by atoms with Crippen molar-refractivity contribution in [1.29, 1.82) is 0 Å². The van der Waals surface area contributed by atoms with E-state index in [1.165, 1.54) is 0 Å². The Labute approximate surface area is 138 Å². The van der Waals surface area contributed by atoms with Crippen molar-refractivity contribution < 1.29 is 13.2 Å². The van der Waals surface area contributed by atoms with Gasteiger partial charge in [-0.15, -0.1) is 0 Å². The lowest BCUT2D eigenvalue weighted by Crippen LogP contribution is -2.23. The number of sulfonamides is 1. The van der Waals surface area contributed by atoms with Crippen LogP contribution in [0.2, 0.25) is 0 Å². The summed E-state index contributed by atoms with van der Waals surface area (Å²) in [5.74, 6) is 0.884. The topological polar surface area (TPSA) is 55.4 Å². The molecule has 0 aliphatic heterocycles. The van der Waals surface area contributed by atoms with Crippen LogP contribution in [0.5, 0.6) is 5.75 Å².